The largest absolute Gasteiger partial charge is 0.357 e. The topological polar surface area (TPSA) is 48.5 Å². The van der Waals surface area contributed by atoms with Crippen LogP contribution in [-0.4, -0.2) is 37.7 Å². The van der Waals surface area contributed by atoms with Crippen molar-refractivity contribution in [3.8, 4) is 0 Å². The van der Waals surface area contributed by atoms with E-state index in [-0.39, 0.29) is 5.54 Å². The normalized spacial score (nSPS) is 18.6. The van der Waals surface area contributed by atoms with Crippen molar-refractivity contribution in [3.63, 3.8) is 0 Å². The fourth-order valence-corrected chi connectivity index (χ4v) is 2.51. The van der Waals surface area contributed by atoms with E-state index in [9.17, 15) is 0 Å². The zero-order valence-corrected chi connectivity index (χ0v) is 14.1. The Hall–Kier alpha value is -0.770. The van der Waals surface area contributed by atoms with Gasteiger partial charge in [-0.25, -0.2) is 0 Å². The molecule has 0 unspecified atom stereocenters. The second-order valence-electron chi connectivity index (χ2n) is 7.01. The van der Waals surface area contributed by atoms with Crippen molar-refractivity contribution in [1.82, 2.24) is 16.0 Å². The fraction of sp³-hybridized carbons (Fsp3) is 0.938. The van der Waals surface area contributed by atoms with E-state index in [1.54, 1.807) is 0 Å². The van der Waals surface area contributed by atoms with E-state index < -0.39 is 0 Å². The molecule has 1 rings (SSSR count). The van der Waals surface area contributed by atoms with Crippen molar-refractivity contribution in [2.75, 3.05) is 26.2 Å². The van der Waals surface area contributed by atoms with Crippen LogP contribution in [0.25, 0.3) is 0 Å². The lowest BCUT2D eigenvalue weighted by atomic mass is 9.67. The molecule has 4 nitrogen and oxygen atoms in total. The van der Waals surface area contributed by atoms with Crippen molar-refractivity contribution in [2.24, 2.45) is 10.4 Å². The number of hydrogen-bond donors (Lipinski definition) is 3. The van der Waals surface area contributed by atoms with E-state index in [1.807, 2.05) is 0 Å². The van der Waals surface area contributed by atoms with Gasteiger partial charge >= 0.3 is 0 Å². The van der Waals surface area contributed by atoms with Crippen LogP contribution in [0.2, 0.25) is 0 Å². The lowest BCUT2D eigenvalue weighted by Crippen LogP contribution is -2.45. The number of nitrogens with zero attached hydrogens (tertiary/aromatic N) is 1. The van der Waals surface area contributed by atoms with E-state index in [0.717, 1.165) is 32.1 Å². The molecular weight excluding hydrogens is 248 g/mol. The van der Waals surface area contributed by atoms with Gasteiger partial charge in [0.15, 0.2) is 5.96 Å². The average Bonchev–Trinajstić information content (AvgIpc) is 2.32. The van der Waals surface area contributed by atoms with Gasteiger partial charge in [0.25, 0.3) is 0 Å². The molecule has 0 heterocycles. The Morgan fingerprint density at radius 1 is 1.10 bits per heavy atom. The molecule has 0 aliphatic heterocycles. The standard InChI is InChI=1S/C16H34N4/c1-6-16(9-8-10-16)13-19-14(17-7-2)18-11-12-20-15(3,4)5/h20H,6-13H2,1-5H3,(H2,17,18,19). The first-order chi connectivity index (χ1) is 9.41. The quantitative estimate of drug-likeness (QED) is 0.382. The van der Waals surface area contributed by atoms with E-state index in [0.29, 0.717) is 5.41 Å². The van der Waals surface area contributed by atoms with E-state index >= 15 is 0 Å². The van der Waals surface area contributed by atoms with Crippen LogP contribution < -0.4 is 16.0 Å². The van der Waals surface area contributed by atoms with Crippen LogP contribution in [0, 0.1) is 5.41 Å². The summed E-state index contributed by atoms with van der Waals surface area (Å²) < 4.78 is 0. The van der Waals surface area contributed by atoms with Gasteiger partial charge in [0.05, 0.1) is 0 Å². The summed E-state index contributed by atoms with van der Waals surface area (Å²) in [6, 6.07) is 0. The summed E-state index contributed by atoms with van der Waals surface area (Å²) in [5.74, 6) is 0.961. The third-order valence-electron chi connectivity index (χ3n) is 4.15. The zero-order chi connectivity index (χ0) is 15.1. The molecule has 0 atom stereocenters. The third kappa shape index (κ3) is 6.12. The molecule has 1 saturated carbocycles. The highest BCUT2D eigenvalue weighted by molar-refractivity contribution is 5.79. The van der Waals surface area contributed by atoms with Gasteiger partial charge in [-0.15, -0.1) is 0 Å². The monoisotopic (exact) mass is 282 g/mol. The first-order valence-corrected chi connectivity index (χ1v) is 8.18. The smallest absolute Gasteiger partial charge is 0.191 e. The summed E-state index contributed by atoms with van der Waals surface area (Å²) in [5, 5.41) is 10.2. The highest BCUT2D eigenvalue weighted by Gasteiger charge is 2.34. The van der Waals surface area contributed by atoms with E-state index in [4.69, 9.17) is 4.99 Å². The molecule has 0 bridgehead atoms. The Kier molecular flexibility index (Phi) is 6.80. The number of rotatable bonds is 7. The molecule has 0 saturated heterocycles. The van der Waals surface area contributed by atoms with Crippen LogP contribution in [0.15, 0.2) is 4.99 Å². The second-order valence-corrected chi connectivity index (χ2v) is 7.01. The van der Waals surface area contributed by atoms with Gasteiger partial charge in [-0.3, -0.25) is 4.99 Å². The van der Waals surface area contributed by atoms with Crippen molar-refractivity contribution in [2.45, 2.75) is 65.8 Å². The second kappa shape index (κ2) is 7.87. The predicted octanol–water partition coefficient (Wildman–Crippen LogP) is 2.51. The minimum absolute atomic E-state index is 0.176. The molecular formula is C16H34N4. The molecule has 0 amide bonds. The summed E-state index contributed by atoms with van der Waals surface area (Å²) >= 11 is 0. The Balaban J connectivity index is 2.35. The molecule has 20 heavy (non-hydrogen) atoms. The summed E-state index contributed by atoms with van der Waals surface area (Å²) in [6.07, 6.45) is 5.32. The Labute approximate surface area is 125 Å². The summed E-state index contributed by atoms with van der Waals surface area (Å²) in [4.78, 5) is 4.78. The van der Waals surface area contributed by atoms with Gasteiger partial charge in [0, 0.05) is 31.7 Å². The first kappa shape index (κ1) is 17.3. The molecule has 1 aliphatic carbocycles. The van der Waals surface area contributed by atoms with E-state index in [2.05, 4.69) is 50.6 Å². The van der Waals surface area contributed by atoms with Crippen LogP contribution in [0.3, 0.4) is 0 Å². The molecule has 4 heteroatoms. The Bertz CT molecular complexity index is 295. The van der Waals surface area contributed by atoms with Gasteiger partial charge < -0.3 is 16.0 Å². The van der Waals surface area contributed by atoms with Gasteiger partial charge in [-0.05, 0) is 52.4 Å². The lowest BCUT2D eigenvalue weighted by Gasteiger charge is -2.40. The molecule has 118 valence electrons. The number of guanidine groups is 1. The molecule has 0 aromatic heterocycles. The Morgan fingerprint density at radius 3 is 2.25 bits per heavy atom. The molecule has 0 aromatic carbocycles. The highest BCUT2D eigenvalue weighted by atomic mass is 15.2. The van der Waals surface area contributed by atoms with Gasteiger partial charge in [0.1, 0.15) is 0 Å². The average molecular weight is 282 g/mol. The van der Waals surface area contributed by atoms with Gasteiger partial charge in [-0.2, -0.15) is 0 Å². The van der Waals surface area contributed by atoms with Crippen molar-refractivity contribution >= 4 is 5.96 Å². The van der Waals surface area contributed by atoms with Crippen LogP contribution in [0.5, 0.6) is 0 Å². The van der Waals surface area contributed by atoms with Crippen LogP contribution in [-0.2, 0) is 0 Å². The highest BCUT2D eigenvalue weighted by Crippen LogP contribution is 2.43. The molecule has 3 N–H and O–H groups in total. The van der Waals surface area contributed by atoms with Crippen molar-refractivity contribution in [1.29, 1.82) is 0 Å². The lowest BCUT2D eigenvalue weighted by molar-refractivity contribution is 0.139. The van der Waals surface area contributed by atoms with Gasteiger partial charge in [-0.1, -0.05) is 13.3 Å². The summed E-state index contributed by atoms with van der Waals surface area (Å²) in [6.45, 7) is 14.7. The maximum atomic E-state index is 4.78. The molecule has 0 aromatic rings. The van der Waals surface area contributed by atoms with Crippen molar-refractivity contribution < 1.29 is 0 Å². The summed E-state index contributed by atoms with van der Waals surface area (Å²) in [5.41, 5.74) is 0.668. The number of hydrogen-bond acceptors (Lipinski definition) is 2. The number of aliphatic imine (C=N–C) groups is 1. The Morgan fingerprint density at radius 2 is 1.80 bits per heavy atom. The first-order valence-electron chi connectivity index (χ1n) is 8.18. The molecule has 1 fully saturated rings. The van der Waals surface area contributed by atoms with Crippen LogP contribution in [0.1, 0.15) is 60.3 Å². The zero-order valence-electron chi connectivity index (χ0n) is 14.1. The summed E-state index contributed by atoms with van der Waals surface area (Å²) in [7, 11) is 0. The van der Waals surface area contributed by atoms with Crippen molar-refractivity contribution in [3.05, 3.63) is 0 Å². The predicted molar refractivity (Wildman–Crippen MR) is 88.3 cm³/mol. The minimum Gasteiger partial charge on any atom is -0.357 e. The molecule has 0 radical (unpaired) electrons. The van der Waals surface area contributed by atoms with Crippen LogP contribution >= 0.6 is 0 Å². The minimum atomic E-state index is 0.176. The fourth-order valence-electron chi connectivity index (χ4n) is 2.51. The molecule has 1 aliphatic rings. The van der Waals surface area contributed by atoms with Crippen LogP contribution in [0.4, 0.5) is 0 Å². The maximum Gasteiger partial charge on any atom is 0.191 e. The number of nitrogens with one attached hydrogen (secondary N) is 3. The van der Waals surface area contributed by atoms with Gasteiger partial charge in [0.2, 0.25) is 0 Å². The van der Waals surface area contributed by atoms with E-state index in [1.165, 1.54) is 25.7 Å². The molecule has 0 spiro atoms. The SMILES string of the molecule is CCNC(=NCC1(CC)CCC1)NCCNC(C)(C)C. The maximum absolute atomic E-state index is 4.78. The third-order valence-corrected chi connectivity index (χ3v) is 4.15.